The first-order valence-electron chi connectivity index (χ1n) is 5.89. The Balaban J connectivity index is 2.68. The largest absolute Gasteiger partial charge is 0.396 e. The summed E-state index contributed by atoms with van der Waals surface area (Å²) in [6.45, 7) is 7.47. The van der Waals surface area contributed by atoms with Crippen molar-refractivity contribution in [1.82, 2.24) is 9.36 Å². The third-order valence-electron chi connectivity index (χ3n) is 2.36. The fraction of sp³-hybridized carbons (Fsp3) is 0.818. The van der Waals surface area contributed by atoms with Gasteiger partial charge in [0, 0.05) is 37.1 Å². The Morgan fingerprint density at radius 3 is 2.75 bits per heavy atom. The number of anilines is 1. The minimum atomic E-state index is 0.226. The summed E-state index contributed by atoms with van der Waals surface area (Å²) >= 11 is 1.46. The molecule has 0 aliphatic carbocycles. The molecule has 0 saturated heterocycles. The average molecular weight is 243 g/mol. The molecule has 4 nitrogen and oxygen atoms in total. The summed E-state index contributed by atoms with van der Waals surface area (Å²) < 4.78 is 4.34. The van der Waals surface area contributed by atoms with Crippen molar-refractivity contribution < 1.29 is 5.11 Å². The second-order valence-corrected chi connectivity index (χ2v) is 4.84. The maximum atomic E-state index is 8.87. The summed E-state index contributed by atoms with van der Waals surface area (Å²) in [6, 6.07) is 0.397. The quantitative estimate of drug-likeness (QED) is 0.796. The zero-order chi connectivity index (χ0) is 12.0. The number of aromatic nitrogens is 2. The molecule has 1 aromatic rings. The van der Waals surface area contributed by atoms with Crippen LogP contribution in [0.5, 0.6) is 0 Å². The smallest absolute Gasteiger partial charge is 0.205 e. The molecule has 0 radical (unpaired) electrons. The van der Waals surface area contributed by atoms with Crippen molar-refractivity contribution in [1.29, 1.82) is 0 Å². The normalized spacial score (nSPS) is 11.1. The van der Waals surface area contributed by atoms with E-state index in [0.29, 0.717) is 6.04 Å². The van der Waals surface area contributed by atoms with Crippen molar-refractivity contribution in [2.45, 2.75) is 46.1 Å². The molecule has 92 valence electrons. The molecule has 1 aromatic heterocycles. The molecule has 0 bridgehead atoms. The number of hydrogen-bond donors (Lipinski definition) is 1. The Labute approximate surface area is 101 Å². The summed E-state index contributed by atoms with van der Waals surface area (Å²) in [5, 5.41) is 9.85. The lowest BCUT2D eigenvalue weighted by molar-refractivity contribution is 0.288. The Bertz CT molecular complexity index is 301. The van der Waals surface area contributed by atoms with Crippen LogP contribution in [0, 0.1) is 0 Å². The van der Waals surface area contributed by atoms with Crippen molar-refractivity contribution in [2.24, 2.45) is 0 Å². The Kier molecular flexibility index (Phi) is 5.69. The fourth-order valence-corrected chi connectivity index (χ4v) is 2.37. The van der Waals surface area contributed by atoms with Crippen LogP contribution < -0.4 is 4.90 Å². The highest BCUT2D eigenvalue weighted by Gasteiger charge is 2.14. The van der Waals surface area contributed by atoms with Crippen molar-refractivity contribution in [2.75, 3.05) is 18.1 Å². The van der Waals surface area contributed by atoms with E-state index in [9.17, 15) is 0 Å². The van der Waals surface area contributed by atoms with Crippen molar-refractivity contribution >= 4 is 16.7 Å². The second-order valence-electron chi connectivity index (χ2n) is 4.11. The molecular formula is C11H21N3OS. The van der Waals surface area contributed by atoms with Crippen LogP contribution in [0.1, 0.15) is 39.4 Å². The summed E-state index contributed by atoms with van der Waals surface area (Å²) in [5.74, 6) is 0.942. The monoisotopic (exact) mass is 243 g/mol. The van der Waals surface area contributed by atoms with Gasteiger partial charge in [0.15, 0.2) is 0 Å². The van der Waals surface area contributed by atoms with E-state index in [0.717, 1.165) is 36.8 Å². The zero-order valence-corrected chi connectivity index (χ0v) is 11.1. The van der Waals surface area contributed by atoms with Gasteiger partial charge in [-0.05, 0) is 26.7 Å². The van der Waals surface area contributed by atoms with Crippen molar-refractivity contribution in [3.8, 4) is 0 Å². The Morgan fingerprint density at radius 1 is 1.44 bits per heavy atom. The van der Waals surface area contributed by atoms with Gasteiger partial charge in [-0.1, -0.05) is 6.92 Å². The number of hydrogen-bond acceptors (Lipinski definition) is 5. The van der Waals surface area contributed by atoms with Gasteiger partial charge in [-0.3, -0.25) is 0 Å². The van der Waals surface area contributed by atoms with E-state index in [1.54, 1.807) is 0 Å². The van der Waals surface area contributed by atoms with Crippen LogP contribution in [-0.2, 0) is 6.42 Å². The van der Waals surface area contributed by atoms with Gasteiger partial charge in [0.2, 0.25) is 5.13 Å². The first-order valence-corrected chi connectivity index (χ1v) is 6.66. The van der Waals surface area contributed by atoms with Crippen LogP contribution in [0.15, 0.2) is 0 Å². The molecule has 16 heavy (non-hydrogen) atoms. The van der Waals surface area contributed by atoms with Gasteiger partial charge in [-0.15, -0.1) is 0 Å². The summed E-state index contributed by atoms with van der Waals surface area (Å²) in [5.41, 5.74) is 0. The molecule has 0 atom stereocenters. The fourth-order valence-electron chi connectivity index (χ4n) is 1.50. The van der Waals surface area contributed by atoms with E-state index in [2.05, 4.69) is 35.0 Å². The summed E-state index contributed by atoms with van der Waals surface area (Å²) in [7, 11) is 0. The van der Waals surface area contributed by atoms with Crippen LogP contribution in [0.3, 0.4) is 0 Å². The molecule has 0 aromatic carbocycles. The molecular weight excluding hydrogens is 222 g/mol. The van der Waals surface area contributed by atoms with Crippen LogP contribution >= 0.6 is 11.5 Å². The maximum absolute atomic E-state index is 8.87. The molecule has 1 rings (SSSR count). The van der Waals surface area contributed by atoms with Gasteiger partial charge in [-0.2, -0.15) is 4.37 Å². The van der Waals surface area contributed by atoms with Crippen LogP contribution in [0.4, 0.5) is 5.13 Å². The number of aliphatic hydroxyl groups excluding tert-OH is 1. The predicted octanol–water partition coefficient (Wildman–Crippen LogP) is 2.09. The molecule has 0 spiro atoms. The topological polar surface area (TPSA) is 49.2 Å². The molecule has 0 aliphatic heterocycles. The highest BCUT2D eigenvalue weighted by molar-refractivity contribution is 7.09. The average Bonchev–Trinajstić information content (AvgIpc) is 2.67. The standard InChI is InChI=1S/C11H21N3OS/c1-4-6-10-12-11(16-13-10)14(9(2)3)7-5-8-15/h9,15H,4-8H2,1-3H3. The van der Waals surface area contributed by atoms with Gasteiger partial charge >= 0.3 is 0 Å². The number of rotatable bonds is 7. The van der Waals surface area contributed by atoms with E-state index in [1.807, 2.05) is 0 Å². The predicted molar refractivity (Wildman–Crippen MR) is 68.1 cm³/mol. The lowest BCUT2D eigenvalue weighted by atomic mass is 10.3. The molecule has 0 aliphatic rings. The minimum absolute atomic E-state index is 0.226. The van der Waals surface area contributed by atoms with E-state index in [4.69, 9.17) is 5.11 Å². The molecule has 5 heteroatoms. The minimum Gasteiger partial charge on any atom is -0.396 e. The van der Waals surface area contributed by atoms with Gasteiger partial charge < -0.3 is 10.0 Å². The van der Waals surface area contributed by atoms with E-state index in [1.165, 1.54) is 11.5 Å². The summed E-state index contributed by atoms with van der Waals surface area (Å²) in [6.07, 6.45) is 2.80. The highest BCUT2D eigenvalue weighted by atomic mass is 32.1. The molecule has 0 amide bonds. The third kappa shape index (κ3) is 3.72. The molecule has 0 saturated carbocycles. The first-order chi connectivity index (χ1) is 7.69. The second kappa shape index (κ2) is 6.81. The Hall–Kier alpha value is -0.680. The van der Waals surface area contributed by atoms with Gasteiger partial charge in [-0.25, -0.2) is 4.98 Å². The SMILES string of the molecule is CCCc1nsc(N(CCCO)C(C)C)n1. The lowest BCUT2D eigenvalue weighted by Gasteiger charge is -2.25. The lowest BCUT2D eigenvalue weighted by Crippen LogP contribution is -2.32. The van der Waals surface area contributed by atoms with Crippen LogP contribution in [0.2, 0.25) is 0 Å². The molecule has 1 N–H and O–H groups in total. The van der Waals surface area contributed by atoms with Gasteiger partial charge in [0.05, 0.1) is 0 Å². The number of nitrogens with zero attached hydrogens (tertiary/aromatic N) is 3. The van der Waals surface area contributed by atoms with E-state index in [-0.39, 0.29) is 6.61 Å². The third-order valence-corrected chi connectivity index (χ3v) is 3.15. The molecule has 1 heterocycles. The first kappa shape index (κ1) is 13.4. The highest BCUT2D eigenvalue weighted by Crippen LogP contribution is 2.20. The van der Waals surface area contributed by atoms with E-state index < -0.39 is 0 Å². The molecule has 0 unspecified atom stereocenters. The summed E-state index contributed by atoms with van der Waals surface area (Å²) in [4.78, 5) is 6.73. The van der Waals surface area contributed by atoms with Gasteiger partial charge in [0.1, 0.15) is 5.82 Å². The molecule has 0 fully saturated rings. The number of aliphatic hydroxyl groups is 1. The van der Waals surface area contributed by atoms with Crippen LogP contribution in [-0.4, -0.2) is 33.7 Å². The van der Waals surface area contributed by atoms with Crippen molar-refractivity contribution in [3.63, 3.8) is 0 Å². The van der Waals surface area contributed by atoms with Crippen molar-refractivity contribution in [3.05, 3.63) is 5.82 Å². The van der Waals surface area contributed by atoms with Crippen LogP contribution in [0.25, 0.3) is 0 Å². The number of aryl methyl sites for hydroxylation is 1. The zero-order valence-electron chi connectivity index (χ0n) is 10.3. The van der Waals surface area contributed by atoms with Gasteiger partial charge in [0.25, 0.3) is 0 Å². The Morgan fingerprint density at radius 2 is 2.19 bits per heavy atom. The van der Waals surface area contributed by atoms with E-state index >= 15 is 0 Å². The maximum Gasteiger partial charge on any atom is 0.205 e.